The topological polar surface area (TPSA) is 104 Å². The van der Waals surface area contributed by atoms with Gasteiger partial charge in [-0.25, -0.2) is 9.78 Å². The Morgan fingerprint density at radius 3 is 3.05 bits per heavy atom. The Bertz CT molecular complexity index is 757. The lowest BCUT2D eigenvalue weighted by molar-refractivity contribution is 0.238. The average Bonchev–Trinajstić information content (AvgIpc) is 2.96. The fourth-order valence-corrected chi connectivity index (χ4v) is 2.22. The summed E-state index contributed by atoms with van der Waals surface area (Å²) < 4.78 is 5.41. The lowest BCUT2D eigenvalue weighted by atomic mass is 9.98. The van der Waals surface area contributed by atoms with E-state index in [2.05, 4.69) is 26.7 Å². The van der Waals surface area contributed by atoms with Gasteiger partial charge in [-0.2, -0.15) is 5.26 Å². The maximum Gasteiger partial charge on any atom is 0.319 e. The van der Waals surface area contributed by atoms with Crippen LogP contribution < -0.4 is 10.6 Å². The van der Waals surface area contributed by atoms with E-state index in [1.807, 2.05) is 6.07 Å². The standard InChI is InChI=1S/C14H11N5O2/c1-8-10(5-15)11(19-14(20)18-8)12-13(21-7-17-12)9-3-2-4-16-6-9/h2-4,6-7,11H,1H3,(H2,18,19,20). The number of carbonyl (C=O) groups is 1. The molecule has 0 aromatic carbocycles. The number of pyridine rings is 1. The second kappa shape index (κ2) is 5.09. The number of hydrogen-bond donors (Lipinski definition) is 2. The average molecular weight is 281 g/mol. The summed E-state index contributed by atoms with van der Waals surface area (Å²) in [6.45, 7) is 1.67. The van der Waals surface area contributed by atoms with Crippen molar-refractivity contribution in [3.8, 4) is 17.4 Å². The molecule has 0 fully saturated rings. The zero-order valence-corrected chi connectivity index (χ0v) is 11.1. The van der Waals surface area contributed by atoms with Crippen LogP contribution in [0.3, 0.4) is 0 Å². The van der Waals surface area contributed by atoms with Crippen LogP contribution in [0.2, 0.25) is 0 Å². The number of urea groups is 1. The Labute approximate surface area is 120 Å². The second-order valence-corrected chi connectivity index (χ2v) is 4.49. The first-order valence-electron chi connectivity index (χ1n) is 6.23. The smallest absolute Gasteiger partial charge is 0.319 e. The van der Waals surface area contributed by atoms with E-state index in [4.69, 9.17) is 4.42 Å². The van der Waals surface area contributed by atoms with Gasteiger partial charge in [0.05, 0.1) is 11.6 Å². The molecule has 7 nitrogen and oxygen atoms in total. The number of carbonyl (C=O) groups excluding carboxylic acids is 1. The van der Waals surface area contributed by atoms with Gasteiger partial charge in [0.1, 0.15) is 11.7 Å². The van der Waals surface area contributed by atoms with Gasteiger partial charge in [-0.15, -0.1) is 0 Å². The molecule has 3 rings (SSSR count). The molecule has 21 heavy (non-hydrogen) atoms. The van der Waals surface area contributed by atoms with Crippen LogP contribution in [-0.4, -0.2) is 16.0 Å². The van der Waals surface area contributed by atoms with Gasteiger partial charge in [-0.3, -0.25) is 4.98 Å². The summed E-state index contributed by atoms with van der Waals surface area (Å²) in [4.78, 5) is 19.8. The lowest BCUT2D eigenvalue weighted by Gasteiger charge is -2.24. The minimum absolute atomic E-state index is 0.378. The van der Waals surface area contributed by atoms with Gasteiger partial charge in [0.2, 0.25) is 0 Å². The zero-order valence-electron chi connectivity index (χ0n) is 11.1. The Kier molecular flexibility index (Phi) is 3.12. The summed E-state index contributed by atoms with van der Waals surface area (Å²) in [5.41, 5.74) is 2.11. The van der Waals surface area contributed by atoms with Crippen LogP contribution in [0.25, 0.3) is 11.3 Å². The first kappa shape index (κ1) is 12.9. The molecule has 2 aromatic rings. The Morgan fingerprint density at radius 1 is 1.48 bits per heavy atom. The fraction of sp³-hybridized carbons (Fsp3) is 0.143. The molecule has 2 aromatic heterocycles. The minimum atomic E-state index is -0.641. The quantitative estimate of drug-likeness (QED) is 0.874. The van der Waals surface area contributed by atoms with Crippen LogP contribution in [0.5, 0.6) is 0 Å². The van der Waals surface area contributed by atoms with Crippen LogP contribution in [0.15, 0.2) is 46.6 Å². The number of amides is 2. The molecule has 104 valence electrons. The Balaban J connectivity index is 2.10. The minimum Gasteiger partial charge on any atom is -0.443 e. The first-order chi connectivity index (χ1) is 10.2. The van der Waals surface area contributed by atoms with Crippen LogP contribution in [0, 0.1) is 11.3 Å². The van der Waals surface area contributed by atoms with Crippen molar-refractivity contribution in [1.29, 1.82) is 5.26 Å². The molecule has 0 radical (unpaired) electrons. The molecule has 1 atom stereocenters. The number of nitrogens with one attached hydrogen (secondary N) is 2. The van der Waals surface area contributed by atoms with E-state index in [9.17, 15) is 10.1 Å². The molecule has 1 aliphatic heterocycles. The van der Waals surface area contributed by atoms with Crippen LogP contribution in [-0.2, 0) is 0 Å². The van der Waals surface area contributed by atoms with E-state index in [0.717, 1.165) is 5.56 Å². The number of hydrogen-bond acceptors (Lipinski definition) is 5. The molecule has 1 aliphatic rings. The monoisotopic (exact) mass is 281 g/mol. The molecule has 7 heteroatoms. The van der Waals surface area contributed by atoms with Gasteiger partial charge < -0.3 is 15.1 Å². The number of rotatable bonds is 2. The third kappa shape index (κ3) is 2.23. The van der Waals surface area contributed by atoms with Gasteiger partial charge in [0.25, 0.3) is 0 Å². The van der Waals surface area contributed by atoms with Crippen molar-refractivity contribution in [2.75, 3.05) is 0 Å². The number of aromatic nitrogens is 2. The van der Waals surface area contributed by atoms with Crippen molar-refractivity contribution in [1.82, 2.24) is 20.6 Å². The molecule has 0 aliphatic carbocycles. The molecule has 2 N–H and O–H groups in total. The number of nitrogens with zero attached hydrogens (tertiary/aromatic N) is 3. The summed E-state index contributed by atoms with van der Waals surface area (Å²) in [5.74, 6) is 0.482. The molecule has 0 spiro atoms. The zero-order chi connectivity index (χ0) is 14.8. The Morgan fingerprint density at radius 2 is 2.33 bits per heavy atom. The SMILES string of the molecule is CC1=C(C#N)C(c2ncoc2-c2cccnc2)NC(=O)N1. The highest BCUT2D eigenvalue weighted by Crippen LogP contribution is 2.32. The van der Waals surface area contributed by atoms with Gasteiger partial charge in [0, 0.05) is 23.7 Å². The maximum atomic E-state index is 11.7. The fourth-order valence-electron chi connectivity index (χ4n) is 2.22. The molecule has 2 amide bonds. The van der Waals surface area contributed by atoms with E-state index < -0.39 is 6.04 Å². The summed E-state index contributed by atoms with van der Waals surface area (Å²) in [5, 5.41) is 14.6. The third-order valence-electron chi connectivity index (χ3n) is 3.18. The van der Waals surface area contributed by atoms with Crippen molar-refractivity contribution >= 4 is 6.03 Å². The third-order valence-corrected chi connectivity index (χ3v) is 3.18. The highest BCUT2D eigenvalue weighted by atomic mass is 16.3. The summed E-state index contributed by atoms with van der Waals surface area (Å²) in [6.07, 6.45) is 4.57. The number of oxazole rings is 1. The van der Waals surface area contributed by atoms with E-state index in [1.165, 1.54) is 6.39 Å². The predicted octanol–water partition coefficient (Wildman–Crippen LogP) is 1.89. The molecular weight excluding hydrogens is 270 g/mol. The van der Waals surface area contributed by atoms with Crippen LogP contribution in [0.4, 0.5) is 4.79 Å². The van der Waals surface area contributed by atoms with E-state index in [1.54, 1.807) is 25.4 Å². The Hall–Kier alpha value is -3.14. The predicted molar refractivity (Wildman–Crippen MR) is 72.5 cm³/mol. The number of allylic oxidation sites excluding steroid dienone is 1. The van der Waals surface area contributed by atoms with Gasteiger partial charge in [-0.05, 0) is 19.1 Å². The molecule has 0 bridgehead atoms. The number of nitriles is 1. The molecule has 0 saturated carbocycles. The largest absolute Gasteiger partial charge is 0.443 e. The van der Waals surface area contributed by atoms with Crippen molar-refractivity contribution in [2.24, 2.45) is 0 Å². The summed E-state index contributed by atoms with van der Waals surface area (Å²) in [7, 11) is 0. The molecule has 0 saturated heterocycles. The van der Waals surface area contributed by atoms with Crippen molar-refractivity contribution in [2.45, 2.75) is 13.0 Å². The highest BCUT2D eigenvalue weighted by Gasteiger charge is 2.31. The van der Waals surface area contributed by atoms with E-state index in [0.29, 0.717) is 22.7 Å². The van der Waals surface area contributed by atoms with Crippen LogP contribution >= 0.6 is 0 Å². The van der Waals surface area contributed by atoms with Crippen molar-refractivity contribution in [3.63, 3.8) is 0 Å². The van der Waals surface area contributed by atoms with Gasteiger partial charge in [-0.1, -0.05) is 0 Å². The van der Waals surface area contributed by atoms with Crippen molar-refractivity contribution < 1.29 is 9.21 Å². The van der Waals surface area contributed by atoms with Crippen LogP contribution in [0.1, 0.15) is 18.7 Å². The lowest BCUT2D eigenvalue weighted by Crippen LogP contribution is -2.43. The van der Waals surface area contributed by atoms with Gasteiger partial charge in [0.15, 0.2) is 12.2 Å². The highest BCUT2D eigenvalue weighted by molar-refractivity contribution is 5.80. The molecular formula is C14H11N5O2. The maximum absolute atomic E-state index is 11.7. The summed E-state index contributed by atoms with van der Waals surface area (Å²) >= 11 is 0. The van der Waals surface area contributed by atoms with Gasteiger partial charge >= 0.3 is 6.03 Å². The normalized spacial score (nSPS) is 17.9. The molecule has 3 heterocycles. The van der Waals surface area contributed by atoms with Crippen molar-refractivity contribution in [3.05, 3.63) is 47.9 Å². The first-order valence-corrected chi connectivity index (χ1v) is 6.23. The van der Waals surface area contributed by atoms with E-state index >= 15 is 0 Å². The second-order valence-electron chi connectivity index (χ2n) is 4.49. The summed E-state index contributed by atoms with van der Waals surface area (Å²) in [6, 6.07) is 4.67. The molecule has 1 unspecified atom stereocenters. The van der Waals surface area contributed by atoms with E-state index in [-0.39, 0.29) is 6.03 Å².